The molecule has 1 atom stereocenters. The highest BCUT2D eigenvalue weighted by Crippen LogP contribution is 2.36. The third-order valence-electron chi connectivity index (χ3n) is 3.39. The lowest BCUT2D eigenvalue weighted by molar-refractivity contribution is -0.139. The lowest BCUT2D eigenvalue weighted by atomic mass is 9.98. The van der Waals surface area contributed by atoms with Crippen LogP contribution in [0.2, 0.25) is 0 Å². The number of halogens is 3. The number of hydrogen-bond acceptors (Lipinski definition) is 3. The molecule has 1 fully saturated rings. The summed E-state index contributed by atoms with van der Waals surface area (Å²) >= 11 is 0. The standard InChI is InChI=1S/C13H17F3N2O/c14-13(15,16)11-4-2-1-3-10(11)12(9-19)18-7-5-17-6-8-18/h1-4,12,17,19H,5-9H2/t12-/m0/s1. The van der Waals surface area contributed by atoms with Gasteiger partial charge in [0, 0.05) is 26.2 Å². The van der Waals surface area contributed by atoms with Crippen molar-refractivity contribution in [2.75, 3.05) is 32.8 Å². The molecule has 1 aromatic rings. The van der Waals surface area contributed by atoms with Gasteiger partial charge in [-0.05, 0) is 11.6 Å². The summed E-state index contributed by atoms with van der Waals surface area (Å²) in [6.07, 6.45) is -4.39. The summed E-state index contributed by atoms with van der Waals surface area (Å²) in [5, 5.41) is 12.6. The zero-order valence-electron chi connectivity index (χ0n) is 10.5. The normalized spacial score (nSPS) is 19.4. The van der Waals surface area contributed by atoms with Crippen LogP contribution in [0.3, 0.4) is 0 Å². The van der Waals surface area contributed by atoms with Crippen LogP contribution in [-0.4, -0.2) is 42.8 Å². The zero-order chi connectivity index (χ0) is 13.9. The molecule has 1 aliphatic rings. The Balaban J connectivity index is 2.32. The highest BCUT2D eigenvalue weighted by atomic mass is 19.4. The van der Waals surface area contributed by atoms with Gasteiger partial charge in [0.2, 0.25) is 0 Å². The number of piperazine rings is 1. The van der Waals surface area contributed by atoms with Crippen LogP contribution in [0, 0.1) is 0 Å². The van der Waals surface area contributed by atoms with Crippen molar-refractivity contribution in [3.63, 3.8) is 0 Å². The topological polar surface area (TPSA) is 35.5 Å². The largest absolute Gasteiger partial charge is 0.416 e. The van der Waals surface area contributed by atoms with E-state index < -0.39 is 17.8 Å². The van der Waals surface area contributed by atoms with E-state index in [1.807, 2.05) is 4.90 Å². The zero-order valence-corrected chi connectivity index (χ0v) is 10.5. The summed E-state index contributed by atoms with van der Waals surface area (Å²) < 4.78 is 39.0. The van der Waals surface area contributed by atoms with Crippen LogP contribution in [0.4, 0.5) is 13.2 Å². The number of nitrogens with zero attached hydrogens (tertiary/aromatic N) is 1. The second-order valence-corrected chi connectivity index (χ2v) is 4.57. The molecule has 0 saturated carbocycles. The fourth-order valence-corrected chi connectivity index (χ4v) is 2.45. The Kier molecular flexibility index (Phi) is 4.44. The summed E-state index contributed by atoms with van der Waals surface area (Å²) in [7, 11) is 0. The fourth-order valence-electron chi connectivity index (χ4n) is 2.45. The van der Waals surface area contributed by atoms with Crippen molar-refractivity contribution in [2.45, 2.75) is 12.2 Å². The van der Waals surface area contributed by atoms with Gasteiger partial charge in [-0.15, -0.1) is 0 Å². The number of alkyl halides is 3. The first-order valence-electron chi connectivity index (χ1n) is 6.26. The van der Waals surface area contributed by atoms with Gasteiger partial charge < -0.3 is 10.4 Å². The van der Waals surface area contributed by atoms with E-state index in [1.165, 1.54) is 12.1 Å². The van der Waals surface area contributed by atoms with Crippen molar-refractivity contribution in [1.82, 2.24) is 10.2 Å². The van der Waals surface area contributed by atoms with Gasteiger partial charge >= 0.3 is 6.18 Å². The second kappa shape index (κ2) is 5.90. The van der Waals surface area contributed by atoms with Gasteiger partial charge in [-0.2, -0.15) is 13.2 Å². The van der Waals surface area contributed by atoms with Gasteiger partial charge in [0.05, 0.1) is 18.2 Å². The summed E-state index contributed by atoms with van der Waals surface area (Å²) in [5.74, 6) is 0. The number of nitrogens with one attached hydrogen (secondary N) is 1. The third-order valence-corrected chi connectivity index (χ3v) is 3.39. The molecule has 0 spiro atoms. The van der Waals surface area contributed by atoms with E-state index in [0.717, 1.165) is 19.2 Å². The van der Waals surface area contributed by atoms with Crippen LogP contribution in [-0.2, 0) is 6.18 Å². The van der Waals surface area contributed by atoms with E-state index in [4.69, 9.17) is 0 Å². The molecular weight excluding hydrogens is 257 g/mol. The molecule has 0 unspecified atom stereocenters. The van der Waals surface area contributed by atoms with E-state index in [1.54, 1.807) is 6.07 Å². The van der Waals surface area contributed by atoms with Crippen LogP contribution in [0.15, 0.2) is 24.3 Å². The first-order valence-corrected chi connectivity index (χ1v) is 6.26. The van der Waals surface area contributed by atoms with E-state index >= 15 is 0 Å². The molecule has 19 heavy (non-hydrogen) atoms. The summed E-state index contributed by atoms with van der Waals surface area (Å²) in [6.45, 7) is 2.41. The minimum Gasteiger partial charge on any atom is -0.394 e. The molecular formula is C13H17F3N2O. The number of hydrogen-bond donors (Lipinski definition) is 2. The van der Waals surface area contributed by atoms with Crippen LogP contribution in [0.25, 0.3) is 0 Å². The molecule has 1 aliphatic heterocycles. The summed E-state index contributed by atoms with van der Waals surface area (Å²) in [4.78, 5) is 1.89. The molecule has 1 aromatic carbocycles. The first-order chi connectivity index (χ1) is 9.04. The molecule has 2 N–H and O–H groups in total. The van der Waals surface area contributed by atoms with Gasteiger partial charge in [-0.3, -0.25) is 4.90 Å². The monoisotopic (exact) mass is 274 g/mol. The Morgan fingerprint density at radius 3 is 2.42 bits per heavy atom. The molecule has 0 radical (unpaired) electrons. The average Bonchev–Trinajstić information content (AvgIpc) is 2.40. The van der Waals surface area contributed by atoms with Crippen LogP contribution in [0.1, 0.15) is 17.2 Å². The average molecular weight is 274 g/mol. The number of rotatable bonds is 3. The van der Waals surface area contributed by atoms with Crippen molar-refractivity contribution in [1.29, 1.82) is 0 Å². The molecule has 0 amide bonds. The Hall–Kier alpha value is -1.11. The molecule has 2 rings (SSSR count). The molecule has 0 aliphatic carbocycles. The number of aliphatic hydroxyl groups excluding tert-OH is 1. The molecule has 3 nitrogen and oxygen atoms in total. The molecule has 6 heteroatoms. The van der Waals surface area contributed by atoms with Crippen LogP contribution in [0.5, 0.6) is 0 Å². The van der Waals surface area contributed by atoms with Crippen molar-refractivity contribution in [2.24, 2.45) is 0 Å². The predicted octanol–water partition coefficient (Wildman–Crippen LogP) is 1.64. The van der Waals surface area contributed by atoms with Crippen LogP contribution < -0.4 is 5.32 Å². The van der Waals surface area contributed by atoms with Crippen LogP contribution >= 0.6 is 0 Å². The van der Waals surface area contributed by atoms with Crippen molar-refractivity contribution < 1.29 is 18.3 Å². The van der Waals surface area contributed by atoms with E-state index in [2.05, 4.69) is 5.32 Å². The van der Waals surface area contributed by atoms with E-state index in [0.29, 0.717) is 13.1 Å². The SMILES string of the molecule is OC[C@@H](c1ccccc1C(F)(F)F)N1CCNCC1. The van der Waals surface area contributed by atoms with Gasteiger partial charge in [0.25, 0.3) is 0 Å². The molecule has 0 aromatic heterocycles. The number of benzene rings is 1. The van der Waals surface area contributed by atoms with Crippen molar-refractivity contribution in [3.8, 4) is 0 Å². The maximum Gasteiger partial charge on any atom is 0.416 e. The van der Waals surface area contributed by atoms with Gasteiger partial charge in [-0.1, -0.05) is 18.2 Å². The van der Waals surface area contributed by atoms with Crippen molar-refractivity contribution >= 4 is 0 Å². The Morgan fingerprint density at radius 2 is 1.84 bits per heavy atom. The first kappa shape index (κ1) is 14.3. The Bertz CT molecular complexity index is 417. The van der Waals surface area contributed by atoms with E-state index in [-0.39, 0.29) is 12.2 Å². The Labute approximate surface area is 110 Å². The number of aliphatic hydroxyl groups is 1. The summed E-state index contributed by atoms with van der Waals surface area (Å²) in [6, 6.07) is 4.87. The fraction of sp³-hybridized carbons (Fsp3) is 0.538. The molecule has 106 valence electrons. The van der Waals surface area contributed by atoms with Crippen molar-refractivity contribution in [3.05, 3.63) is 35.4 Å². The maximum atomic E-state index is 13.0. The predicted molar refractivity (Wildman–Crippen MR) is 65.7 cm³/mol. The molecule has 1 heterocycles. The van der Waals surface area contributed by atoms with Gasteiger partial charge in [0.15, 0.2) is 0 Å². The Morgan fingerprint density at radius 1 is 1.21 bits per heavy atom. The smallest absolute Gasteiger partial charge is 0.394 e. The highest BCUT2D eigenvalue weighted by molar-refractivity contribution is 5.32. The summed E-state index contributed by atoms with van der Waals surface area (Å²) in [5.41, 5.74) is -0.507. The lowest BCUT2D eigenvalue weighted by Crippen LogP contribution is -2.46. The second-order valence-electron chi connectivity index (χ2n) is 4.57. The maximum absolute atomic E-state index is 13.0. The lowest BCUT2D eigenvalue weighted by Gasteiger charge is -2.35. The molecule has 0 bridgehead atoms. The third kappa shape index (κ3) is 3.26. The molecule has 1 saturated heterocycles. The minimum atomic E-state index is -4.39. The van der Waals surface area contributed by atoms with Gasteiger partial charge in [-0.25, -0.2) is 0 Å². The minimum absolute atomic E-state index is 0.152. The van der Waals surface area contributed by atoms with E-state index in [9.17, 15) is 18.3 Å². The highest BCUT2D eigenvalue weighted by Gasteiger charge is 2.36. The quantitative estimate of drug-likeness (QED) is 0.879. The van der Waals surface area contributed by atoms with Gasteiger partial charge in [0.1, 0.15) is 0 Å².